The fraction of sp³-hybridized carbons (Fsp3) is 0.684. The van der Waals surface area contributed by atoms with E-state index in [1.165, 1.54) is 12.8 Å². The summed E-state index contributed by atoms with van der Waals surface area (Å²) in [6.45, 7) is 8.79. The van der Waals surface area contributed by atoms with Crippen LogP contribution in [0.4, 0.5) is 0 Å². The van der Waals surface area contributed by atoms with Crippen LogP contribution in [0, 0.1) is 11.8 Å². The van der Waals surface area contributed by atoms with Gasteiger partial charge in [0.15, 0.2) is 0 Å². The first-order valence-electron chi connectivity index (χ1n) is 8.45. The van der Waals surface area contributed by atoms with Gasteiger partial charge in [-0.1, -0.05) is 40.5 Å². The summed E-state index contributed by atoms with van der Waals surface area (Å²) in [5, 5.41) is 10.4. The van der Waals surface area contributed by atoms with Crippen LogP contribution in [0.2, 0.25) is 0 Å². The van der Waals surface area contributed by atoms with E-state index >= 15 is 0 Å². The van der Waals surface area contributed by atoms with Crippen molar-refractivity contribution in [3.63, 3.8) is 0 Å². The molecular formula is C19H28O3. The Morgan fingerprint density at radius 3 is 2.73 bits per heavy atom. The largest absolute Gasteiger partial charge is 0.508 e. The molecule has 22 heavy (non-hydrogen) atoms. The molecule has 0 radical (unpaired) electrons. The van der Waals surface area contributed by atoms with Crippen LogP contribution < -0.4 is 4.74 Å². The predicted octanol–water partition coefficient (Wildman–Crippen LogP) is 4.57. The maximum atomic E-state index is 10.4. The summed E-state index contributed by atoms with van der Waals surface area (Å²) in [7, 11) is 1.74. The molecule has 4 unspecified atom stereocenters. The molecule has 1 heterocycles. The van der Waals surface area contributed by atoms with Crippen LogP contribution in [0.3, 0.4) is 0 Å². The number of fused-ring (bicyclic) bond motifs is 3. The lowest BCUT2D eigenvalue weighted by Crippen LogP contribution is -2.52. The molecule has 0 bridgehead atoms. The number of benzene rings is 1. The zero-order chi connectivity index (χ0) is 16.1. The Morgan fingerprint density at radius 1 is 1.36 bits per heavy atom. The predicted molar refractivity (Wildman–Crippen MR) is 87.5 cm³/mol. The van der Waals surface area contributed by atoms with Gasteiger partial charge in [0.25, 0.3) is 0 Å². The van der Waals surface area contributed by atoms with Gasteiger partial charge in [0.1, 0.15) is 11.5 Å². The number of hydrogen-bond acceptors (Lipinski definition) is 3. The van der Waals surface area contributed by atoms with Gasteiger partial charge in [0.05, 0.1) is 0 Å². The number of phenols is 1. The molecular weight excluding hydrogens is 276 g/mol. The third kappa shape index (κ3) is 2.21. The molecule has 1 fully saturated rings. The van der Waals surface area contributed by atoms with Crippen LogP contribution in [-0.4, -0.2) is 18.5 Å². The van der Waals surface area contributed by atoms with Crippen molar-refractivity contribution in [3.05, 3.63) is 23.3 Å². The van der Waals surface area contributed by atoms with Gasteiger partial charge in [-0.15, -0.1) is 0 Å². The lowest BCUT2D eigenvalue weighted by molar-refractivity contribution is -0.151. The SMILES string of the molecule is COC1Oc2cc(C(C)C)c(O)cc2C2(C)CCCC(C)C12. The molecule has 122 valence electrons. The van der Waals surface area contributed by atoms with Crippen LogP contribution in [0.1, 0.15) is 64.0 Å². The maximum absolute atomic E-state index is 10.4. The van der Waals surface area contributed by atoms with Crippen molar-refractivity contribution in [2.24, 2.45) is 11.8 Å². The van der Waals surface area contributed by atoms with Gasteiger partial charge < -0.3 is 14.6 Å². The molecule has 0 amide bonds. The highest BCUT2D eigenvalue weighted by Gasteiger charge is 2.51. The molecule has 3 nitrogen and oxygen atoms in total. The number of hydrogen-bond donors (Lipinski definition) is 1. The number of phenolic OH excluding ortho intramolecular Hbond substituents is 1. The van der Waals surface area contributed by atoms with Crippen molar-refractivity contribution in [1.82, 2.24) is 0 Å². The molecule has 3 rings (SSSR count). The zero-order valence-corrected chi connectivity index (χ0v) is 14.3. The van der Waals surface area contributed by atoms with E-state index in [0.29, 0.717) is 17.6 Å². The van der Waals surface area contributed by atoms with E-state index in [0.717, 1.165) is 23.3 Å². The Balaban J connectivity index is 2.15. The summed E-state index contributed by atoms with van der Waals surface area (Å²) < 4.78 is 11.9. The number of rotatable bonds is 2. The lowest BCUT2D eigenvalue weighted by atomic mass is 9.58. The van der Waals surface area contributed by atoms with Gasteiger partial charge in [0.2, 0.25) is 6.29 Å². The summed E-state index contributed by atoms with van der Waals surface area (Å²) in [5.41, 5.74) is 2.11. The smallest absolute Gasteiger partial charge is 0.203 e. The highest BCUT2D eigenvalue weighted by atomic mass is 16.7. The van der Waals surface area contributed by atoms with Crippen molar-refractivity contribution < 1.29 is 14.6 Å². The van der Waals surface area contributed by atoms with Crippen molar-refractivity contribution in [2.45, 2.75) is 64.6 Å². The van der Waals surface area contributed by atoms with Gasteiger partial charge in [-0.2, -0.15) is 0 Å². The van der Waals surface area contributed by atoms with E-state index in [1.807, 2.05) is 12.1 Å². The number of ether oxygens (including phenoxy) is 2. The van der Waals surface area contributed by atoms with E-state index in [-0.39, 0.29) is 17.6 Å². The molecule has 1 aromatic rings. The minimum absolute atomic E-state index is 0.0128. The average molecular weight is 304 g/mol. The number of methoxy groups -OCH3 is 1. The lowest BCUT2D eigenvalue weighted by Gasteiger charge is -2.51. The standard InChI is InChI=1S/C19H28O3/c1-11(2)13-9-16-14(10-15(13)20)19(4)8-6-7-12(3)17(19)18(21-5)22-16/h9-12,17-18,20H,6-8H2,1-5H3. The molecule has 0 aromatic heterocycles. The molecule has 2 aliphatic rings. The van der Waals surface area contributed by atoms with Gasteiger partial charge in [-0.25, -0.2) is 0 Å². The molecule has 3 heteroatoms. The topological polar surface area (TPSA) is 38.7 Å². The summed E-state index contributed by atoms with van der Waals surface area (Å²) in [4.78, 5) is 0. The second-order valence-electron chi connectivity index (χ2n) is 7.60. The molecule has 1 N–H and O–H groups in total. The zero-order valence-electron chi connectivity index (χ0n) is 14.3. The van der Waals surface area contributed by atoms with E-state index in [9.17, 15) is 5.11 Å². The molecule has 4 atom stereocenters. The monoisotopic (exact) mass is 304 g/mol. The van der Waals surface area contributed by atoms with E-state index in [2.05, 4.69) is 27.7 Å². The van der Waals surface area contributed by atoms with E-state index in [1.54, 1.807) is 7.11 Å². The second kappa shape index (κ2) is 5.45. The van der Waals surface area contributed by atoms with Gasteiger partial charge >= 0.3 is 0 Å². The fourth-order valence-corrected chi connectivity index (χ4v) is 4.63. The third-order valence-corrected chi connectivity index (χ3v) is 5.84. The normalized spacial score (nSPS) is 34.0. The maximum Gasteiger partial charge on any atom is 0.203 e. The van der Waals surface area contributed by atoms with E-state index < -0.39 is 0 Å². The summed E-state index contributed by atoms with van der Waals surface area (Å²) >= 11 is 0. The first kappa shape index (κ1) is 15.7. The van der Waals surface area contributed by atoms with Gasteiger partial charge in [-0.05, 0) is 30.4 Å². The minimum atomic E-state index is -0.197. The van der Waals surface area contributed by atoms with Crippen LogP contribution in [0.5, 0.6) is 11.5 Å². The van der Waals surface area contributed by atoms with Gasteiger partial charge in [0, 0.05) is 29.6 Å². The van der Waals surface area contributed by atoms with Crippen molar-refractivity contribution in [1.29, 1.82) is 0 Å². The fourth-order valence-electron chi connectivity index (χ4n) is 4.63. The summed E-state index contributed by atoms with van der Waals surface area (Å²) in [6, 6.07) is 3.96. The van der Waals surface area contributed by atoms with Crippen LogP contribution in [0.15, 0.2) is 12.1 Å². The van der Waals surface area contributed by atoms with Crippen LogP contribution in [0.25, 0.3) is 0 Å². The highest BCUT2D eigenvalue weighted by Crippen LogP contribution is 2.55. The van der Waals surface area contributed by atoms with Crippen LogP contribution in [-0.2, 0) is 10.2 Å². The van der Waals surface area contributed by atoms with Crippen molar-refractivity contribution in [3.8, 4) is 11.5 Å². The highest BCUT2D eigenvalue weighted by molar-refractivity contribution is 5.52. The van der Waals surface area contributed by atoms with Crippen molar-refractivity contribution in [2.75, 3.05) is 7.11 Å². The minimum Gasteiger partial charge on any atom is -0.508 e. The van der Waals surface area contributed by atoms with E-state index in [4.69, 9.17) is 9.47 Å². The third-order valence-electron chi connectivity index (χ3n) is 5.84. The summed E-state index contributed by atoms with van der Waals surface area (Å²) in [5.74, 6) is 2.45. The second-order valence-corrected chi connectivity index (χ2v) is 7.60. The Hall–Kier alpha value is -1.22. The first-order valence-corrected chi connectivity index (χ1v) is 8.45. The molecule has 1 aliphatic carbocycles. The Morgan fingerprint density at radius 2 is 2.09 bits per heavy atom. The number of aromatic hydroxyl groups is 1. The Labute approximate surface area is 133 Å². The molecule has 0 saturated heterocycles. The average Bonchev–Trinajstić information content (AvgIpc) is 2.46. The van der Waals surface area contributed by atoms with Crippen molar-refractivity contribution >= 4 is 0 Å². The quantitative estimate of drug-likeness (QED) is 0.869. The molecule has 1 saturated carbocycles. The first-order chi connectivity index (χ1) is 10.4. The molecule has 1 aromatic carbocycles. The summed E-state index contributed by atoms with van der Waals surface area (Å²) in [6.07, 6.45) is 3.36. The molecule has 1 aliphatic heterocycles. The van der Waals surface area contributed by atoms with Gasteiger partial charge in [-0.3, -0.25) is 0 Å². The molecule has 0 spiro atoms. The Kier molecular flexibility index (Phi) is 3.88. The van der Waals surface area contributed by atoms with Crippen LogP contribution >= 0.6 is 0 Å². The Bertz CT molecular complexity index is 566.